The summed E-state index contributed by atoms with van der Waals surface area (Å²) >= 11 is 0. The molecule has 0 atom stereocenters. The van der Waals surface area contributed by atoms with Crippen molar-refractivity contribution in [1.82, 2.24) is 0 Å². The molecule has 0 N–H and O–H groups in total. The fraction of sp³-hybridized carbons (Fsp3) is 0.0938. The number of anilines is 6. The Morgan fingerprint density at radius 1 is 0.294 bits per heavy atom. The van der Waals surface area contributed by atoms with E-state index in [-0.39, 0.29) is 22.5 Å². The summed E-state index contributed by atoms with van der Waals surface area (Å²) in [6, 6.07) is 74.8. The van der Waals surface area contributed by atoms with Crippen molar-refractivity contribution in [2.75, 3.05) is 9.80 Å². The lowest BCUT2D eigenvalue weighted by atomic mass is 9.76. The molecule has 0 fully saturated rings. The molecule has 68 heavy (non-hydrogen) atoms. The average molecular weight is 883 g/mol. The van der Waals surface area contributed by atoms with E-state index < -0.39 is 0 Å². The number of nitrogens with zero attached hydrogens (tertiary/aromatic N) is 2. The molecule has 0 spiro atoms. The highest BCUT2D eigenvalue weighted by atomic mass is 19.1. The van der Waals surface area contributed by atoms with Gasteiger partial charge >= 0.3 is 0 Å². The summed E-state index contributed by atoms with van der Waals surface area (Å²) in [5.74, 6) is -0.524. The average Bonchev–Trinajstić information content (AvgIpc) is 3.73. The minimum absolute atomic E-state index is 0.262. The number of rotatable bonds is 8. The first-order chi connectivity index (χ1) is 33.1. The van der Waals surface area contributed by atoms with Crippen LogP contribution in [0, 0.1) is 11.6 Å². The van der Waals surface area contributed by atoms with E-state index in [4.69, 9.17) is 0 Å². The number of para-hydroxylation sites is 2. The molecular weight excluding hydrogens is 835 g/mol. The third-order valence-corrected chi connectivity index (χ3v) is 14.5. The quantitative estimate of drug-likeness (QED) is 0.150. The Bertz CT molecular complexity index is 3310. The van der Waals surface area contributed by atoms with E-state index in [1.165, 1.54) is 102 Å². The van der Waals surface area contributed by atoms with Crippen molar-refractivity contribution in [3.05, 3.63) is 252 Å². The maximum atomic E-state index is 14.4. The van der Waals surface area contributed by atoms with Crippen LogP contribution in [-0.2, 0) is 10.8 Å². The van der Waals surface area contributed by atoms with Crippen LogP contribution in [0.5, 0.6) is 0 Å². The molecule has 0 heterocycles. The van der Waals surface area contributed by atoms with Gasteiger partial charge in [-0.25, -0.2) is 8.78 Å². The predicted molar refractivity (Wildman–Crippen MR) is 279 cm³/mol. The van der Waals surface area contributed by atoms with Crippen molar-refractivity contribution < 1.29 is 8.78 Å². The number of benzene rings is 10. The van der Waals surface area contributed by atoms with Crippen LogP contribution in [0.3, 0.4) is 0 Å². The van der Waals surface area contributed by atoms with Gasteiger partial charge in [-0.1, -0.05) is 137 Å². The Kier molecular flexibility index (Phi) is 9.60. The van der Waals surface area contributed by atoms with E-state index in [9.17, 15) is 8.78 Å². The zero-order valence-electron chi connectivity index (χ0n) is 38.4. The van der Waals surface area contributed by atoms with Crippen LogP contribution in [-0.4, -0.2) is 0 Å². The highest BCUT2D eigenvalue weighted by molar-refractivity contribution is 6.17. The first-order valence-corrected chi connectivity index (χ1v) is 23.4. The van der Waals surface area contributed by atoms with E-state index in [2.05, 4.69) is 171 Å². The van der Waals surface area contributed by atoms with Crippen LogP contribution in [0.15, 0.2) is 218 Å². The summed E-state index contributed by atoms with van der Waals surface area (Å²) < 4.78 is 28.7. The second-order valence-corrected chi connectivity index (χ2v) is 19.2. The highest BCUT2D eigenvalue weighted by Crippen LogP contribution is 2.60. The number of hydrogen-bond acceptors (Lipinski definition) is 2. The Labute approximate surface area is 397 Å². The summed E-state index contributed by atoms with van der Waals surface area (Å²) in [5, 5.41) is 2.44. The molecule has 0 amide bonds. The molecule has 12 rings (SSSR count). The largest absolute Gasteiger partial charge is 0.310 e. The minimum atomic E-state index is -0.385. The van der Waals surface area contributed by atoms with Crippen molar-refractivity contribution >= 4 is 44.9 Å². The van der Waals surface area contributed by atoms with Gasteiger partial charge < -0.3 is 9.80 Å². The van der Waals surface area contributed by atoms with Crippen molar-refractivity contribution in [3.8, 4) is 44.5 Å². The predicted octanol–water partition coefficient (Wildman–Crippen LogP) is 18.0. The zero-order valence-corrected chi connectivity index (χ0v) is 38.4. The van der Waals surface area contributed by atoms with Crippen molar-refractivity contribution in [2.24, 2.45) is 0 Å². The fourth-order valence-electron chi connectivity index (χ4n) is 11.2. The normalized spacial score (nSPS) is 13.7. The van der Waals surface area contributed by atoms with E-state index in [0.29, 0.717) is 0 Å². The van der Waals surface area contributed by atoms with Crippen molar-refractivity contribution in [3.63, 3.8) is 0 Å². The smallest absolute Gasteiger partial charge is 0.123 e. The lowest BCUT2D eigenvalue weighted by molar-refractivity contribution is 0.627. The van der Waals surface area contributed by atoms with Gasteiger partial charge in [-0.3, -0.25) is 0 Å². The number of hydrogen-bond donors (Lipinski definition) is 0. The van der Waals surface area contributed by atoms with E-state index in [0.717, 1.165) is 34.1 Å². The van der Waals surface area contributed by atoms with E-state index in [1.54, 1.807) is 0 Å². The Morgan fingerprint density at radius 2 is 0.603 bits per heavy atom. The molecule has 0 saturated carbocycles. The van der Waals surface area contributed by atoms with Crippen LogP contribution >= 0.6 is 0 Å². The third kappa shape index (κ3) is 6.50. The monoisotopic (exact) mass is 882 g/mol. The zero-order chi connectivity index (χ0) is 46.3. The van der Waals surface area contributed by atoms with Gasteiger partial charge in [0.05, 0.1) is 0 Å². The Balaban J connectivity index is 1.11. The summed E-state index contributed by atoms with van der Waals surface area (Å²) in [7, 11) is 0. The van der Waals surface area contributed by atoms with Crippen molar-refractivity contribution in [1.29, 1.82) is 0 Å². The Morgan fingerprint density at radius 3 is 0.956 bits per heavy atom. The summed E-state index contributed by atoms with van der Waals surface area (Å²) in [4.78, 5) is 4.43. The van der Waals surface area contributed by atoms with Gasteiger partial charge in [0.15, 0.2) is 0 Å². The second kappa shape index (κ2) is 15.8. The van der Waals surface area contributed by atoms with E-state index >= 15 is 0 Å². The van der Waals surface area contributed by atoms with Crippen LogP contribution in [0.25, 0.3) is 55.3 Å². The molecule has 0 radical (unpaired) electrons. The molecule has 4 heteroatoms. The molecule has 2 aliphatic rings. The number of halogens is 2. The molecule has 0 aromatic heterocycles. The molecule has 0 saturated heterocycles. The summed E-state index contributed by atoms with van der Waals surface area (Å²) in [5.41, 5.74) is 19.9. The van der Waals surface area contributed by atoms with Gasteiger partial charge in [0.2, 0.25) is 0 Å². The minimum Gasteiger partial charge on any atom is -0.310 e. The molecule has 328 valence electrons. The third-order valence-electron chi connectivity index (χ3n) is 14.5. The lowest BCUT2D eigenvalue weighted by Gasteiger charge is -2.28. The molecule has 2 aliphatic carbocycles. The van der Waals surface area contributed by atoms with Crippen LogP contribution in [0.2, 0.25) is 0 Å². The summed E-state index contributed by atoms with van der Waals surface area (Å²) in [6.07, 6.45) is 0. The summed E-state index contributed by atoms with van der Waals surface area (Å²) in [6.45, 7) is 9.45. The van der Waals surface area contributed by atoms with Gasteiger partial charge in [-0.2, -0.15) is 0 Å². The molecule has 10 aromatic carbocycles. The first kappa shape index (κ1) is 41.4. The topological polar surface area (TPSA) is 6.48 Å². The SMILES string of the molecule is CC1(C)c2cc(N(c3ccccc3)c3ccc(F)cc3)ccc2-c2c1cc1c(-c3ccccc3)c3c(cc1c2-c1ccccc1)C(C)(C)c1cc(N(c2ccccc2)c2ccc(F)cc2)ccc1-3. The van der Waals surface area contributed by atoms with Gasteiger partial charge in [0.1, 0.15) is 11.6 Å². The number of fused-ring (bicyclic) bond motifs is 7. The molecule has 0 aliphatic heterocycles. The Hall–Kier alpha value is -8.08. The van der Waals surface area contributed by atoms with Crippen LogP contribution in [0.4, 0.5) is 42.9 Å². The molecule has 2 nitrogen and oxygen atoms in total. The van der Waals surface area contributed by atoms with Gasteiger partial charge in [0.25, 0.3) is 0 Å². The van der Waals surface area contributed by atoms with Crippen LogP contribution in [0.1, 0.15) is 49.9 Å². The standard InChI is InChI=1S/C64H48F2N2/c1-63(2)55-37-49(67(45-21-13-7-14-22-45)47-29-25-43(65)26-30-47)33-35-51(55)61-57(63)39-53-54(59(61)41-17-9-5-10-18-41)40-58-62(60(53)42-19-11-6-12-20-42)52-36-34-50(38-56(52)64(58,3)4)68(46-23-15-8-16-24-46)48-31-27-44(66)28-32-48/h5-40H,1-4H3. The second-order valence-electron chi connectivity index (χ2n) is 19.2. The fourth-order valence-corrected chi connectivity index (χ4v) is 11.2. The maximum absolute atomic E-state index is 14.4. The van der Waals surface area contributed by atoms with E-state index in [1.807, 2.05) is 60.7 Å². The molecule has 0 bridgehead atoms. The first-order valence-electron chi connectivity index (χ1n) is 23.4. The lowest BCUT2D eigenvalue weighted by Crippen LogP contribution is -2.17. The van der Waals surface area contributed by atoms with Gasteiger partial charge in [-0.05, 0) is 187 Å². The van der Waals surface area contributed by atoms with Crippen LogP contribution < -0.4 is 9.80 Å². The molecule has 10 aromatic rings. The van der Waals surface area contributed by atoms with Gasteiger partial charge in [0, 0.05) is 45.0 Å². The van der Waals surface area contributed by atoms with Crippen molar-refractivity contribution in [2.45, 2.75) is 38.5 Å². The molecular formula is C64H48F2N2. The maximum Gasteiger partial charge on any atom is 0.123 e. The van der Waals surface area contributed by atoms with Gasteiger partial charge in [-0.15, -0.1) is 0 Å². The highest BCUT2D eigenvalue weighted by Gasteiger charge is 2.42. The molecule has 0 unspecified atom stereocenters.